The number of aromatic amines is 2. The molecular weight excluding hydrogens is 979 g/mol. The molecule has 0 bridgehead atoms. The first kappa shape index (κ1) is 50.8. The van der Waals surface area contributed by atoms with Crippen LogP contribution in [0.15, 0.2) is 89.6 Å². The molecule has 2 atom stereocenters. The minimum Gasteiger partial charge on any atom is -0.485 e. The van der Waals surface area contributed by atoms with Crippen molar-refractivity contribution in [2.75, 3.05) is 26.2 Å². The Morgan fingerprint density at radius 1 is 0.648 bits per heavy atom. The van der Waals surface area contributed by atoms with Crippen molar-refractivity contribution >= 4 is 73.3 Å². The lowest BCUT2D eigenvalue weighted by Crippen LogP contribution is -2.58. The van der Waals surface area contributed by atoms with Crippen molar-refractivity contribution in [3.63, 3.8) is 0 Å². The van der Waals surface area contributed by atoms with E-state index in [1.165, 1.54) is 68.5 Å². The van der Waals surface area contributed by atoms with Gasteiger partial charge in [0.15, 0.2) is 23.1 Å². The maximum atomic E-state index is 14.2. The maximum absolute atomic E-state index is 14.2. The van der Waals surface area contributed by atoms with Crippen molar-refractivity contribution in [1.82, 2.24) is 50.2 Å². The highest BCUT2D eigenvalue weighted by molar-refractivity contribution is 7.59. The lowest BCUT2D eigenvalue weighted by molar-refractivity contribution is 0.0258. The molecule has 7 heterocycles. The number of amides is 3. The van der Waals surface area contributed by atoms with Crippen molar-refractivity contribution in [1.29, 1.82) is 10.5 Å². The molecule has 0 spiro atoms. The molecule has 11 rings (SSSR count). The minimum atomic E-state index is -0.730. The number of fused-ring (bicyclic) bond motifs is 2. The first-order valence-electron chi connectivity index (χ1n) is 20.9. The van der Waals surface area contributed by atoms with Gasteiger partial charge in [-0.1, -0.05) is 0 Å². The quantitative estimate of drug-likeness (QED) is 0.142. The van der Waals surface area contributed by atoms with Crippen molar-refractivity contribution in [3.05, 3.63) is 137 Å². The molecule has 3 aromatic heterocycles. The van der Waals surface area contributed by atoms with E-state index >= 15 is 0 Å². The van der Waals surface area contributed by atoms with E-state index in [1.807, 2.05) is 12.1 Å². The molecule has 4 aromatic carbocycles. The Labute approximate surface area is 412 Å². The summed E-state index contributed by atoms with van der Waals surface area (Å²) in [5.74, 6) is -3.70. The van der Waals surface area contributed by atoms with E-state index in [-0.39, 0.29) is 91.1 Å². The van der Waals surface area contributed by atoms with Gasteiger partial charge in [0.05, 0.1) is 70.2 Å². The average Bonchev–Trinajstić information content (AvgIpc) is 4.19. The summed E-state index contributed by atoms with van der Waals surface area (Å²) < 4.78 is 94.0. The Balaban J connectivity index is 0.000000165. The number of hydrogen-bond donors (Lipinski definition) is 3. The van der Waals surface area contributed by atoms with Crippen molar-refractivity contribution in [2.24, 2.45) is 10.2 Å². The number of rotatable bonds is 6. The van der Waals surface area contributed by atoms with Gasteiger partial charge in [0.25, 0.3) is 0 Å². The second-order valence-electron chi connectivity index (χ2n) is 15.8. The van der Waals surface area contributed by atoms with Gasteiger partial charge in [-0.25, -0.2) is 42.2 Å². The van der Waals surface area contributed by atoms with Crippen LogP contribution in [0.25, 0.3) is 21.8 Å². The van der Waals surface area contributed by atoms with Crippen LogP contribution in [0.1, 0.15) is 47.2 Å². The Morgan fingerprint density at radius 3 is 1.59 bits per heavy atom. The van der Waals surface area contributed by atoms with E-state index in [4.69, 9.17) is 20.0 Å². The number of halogens is 6. The molecule has 0 radical (unpaired) electrons. The standard InChI is InChI=1S/C21H15F3N6O2.C14H10FN5O.C10H9F2N3O.2H2S/c22-13-4-11(8-25)3-12(5-13)18-1-2-26-30(18)21(31)29-9-14(10-29)32-19-7-17-15(6-16(19)23)20(24)28-27-17;15-12-6-10(8-16)5-11(7-12)13-1-2-18-20(13)14(21)19-4-3-17-9-19;11-7-1-6-8(14-15-10(6)12)2-9(7)16-5-3-13-4-5;;/h2-7,14,18H,1,9-10H2,(H,27,28);2-7,9,13H,1H2;1-2,5,13H,3-4H2,(H,14,15);2*1H2/t18-;13-;;;/m00.../s1. The highest BCUT2D eigenvalue weighted by Crippen LogP contribution is 2.34. The highest BCUT2D eigenvalue weighted by atomic mass is 32.1. The zero-order valence-electron chi connectivity index (χ0n) is 36.5. The van der Waals surface area contributed by atoms with Crippen LogP contribution in [0.3, 0.4) is 0 Å². The molecule has 2 fully saturated rings. The lowest BCUT2D eigenvalue weighted by Gasteiger charge is -2.41. The molecule has 3 N–H and O–H groups in total. The van der Waals surface area contributed by atoms with Crippen LogP contribution in [-0.4, -0.2) is 108 Å². The third-order valence-corrected chi connectivity index (χ3v) is 11.2. The summed E-state index contributed by atoms with van der Waals surface area (Å²) in [6, 6.07) is 14.8. The third-order valence-electron chi connectivity index (χ3n) is 11.2. The summed E-state index contributed by atoms with van der Waals surface area (Å²) >= 11 is 0. The molecule has 0 saturated carbocycles. The zero-order valence-corrected chi connectivity index (χ0v) is 38.5. The number of benzene rings is 4. The topological polar surface area (TPSA) is 222 Å². The molecule has 2 saturated heterocycles. The smallest absolute Gasteiger partial charge is 0.350 e. The zero-order chi connectivity index (χ0) is 48.3. The van der Waals surface area contributed by atoms with Crippen LogP contribution >= 0.6 is 27.0 Å². The van der Waals surface area contributed by atoms with Gasteiger partial charge in [-0.3, -0.25) is 14.8 Å². The van der Waals surface area contributed by atoms with Crippen LogP contribution < -0.4 is 14.8 Å². The summed E-state index contributed by atoms with van der Waals surface area (Å²) in [6.45, 7) is 1.78. The predicted octanol–water partition coefficient (Wildman–Crippen LogP) is 7.18. The number of carbonyl (C=O) groups is 2. The van der Waals surface area contributed by atoms with Gasteiger partial charge >= 0.3 is 12.1 Å². The molecule has 0 unspecified atom stereocenters. The molecule has 18 nitrogen and oxygen atoms in total. The second kappa shape index (κ2) is 21.7. The summed E-state index contributed by atoms with van der Waals surface area (Å²) in [4.78, 5) is 30.5. The van der Waals surface area contributed by atoms with E-state index in [0.29, 0.717) is 42.6 Å². The summed E-state index contributed by atoms with van der Waals surface area (Å²) in [5.41, 5.74) is 1.98. The monoisotopic (exact) mass is 1020 g/mol. The van der Waals surface area contributed by atoms with Gasteiger partial charge in [0, 0.05) is 62.9 Å². The first-order valence-corrected chi connectivity index (χ1v) is 20.9. The van der Waals surface area contributed by atoms with E-state index in [2.05, 4.69) is 40.9 Å². The fourth-order valence-corrected chi connectivity index (χ4v) is 7.64. The fraction of sp³-hybridized carbons (Fsp3) is 0.222. The molecule has 71 heavy (non-hydrogen) atoms. The summed E-state index contributed by atoms with van der Waals surface area (Å²) in [6.07, 6.45) is 7.91. The van der Waals surface area contributed by atoms with Gasteiger partial charge in [-0.05, 0) is 59.7 Å². The SMILES string of the molecule is Fc1cc2c(F)[nH]nc2cc1OC1CNC1.N#Cc1cc(F)cc([C@@H]2CC=NN2C(=O)N2CC(Oc3cc4n[nH]c(F)c4cc3F)C2)c1.N#Cc1cc(F)cc([C@@H]2CC=NN2C(=O)n2ccnc2)c1.S.S. The van der Waals surface area contributed by atoms with E-state index < -0.39 is 59.4 Å². The van der Waals surface area contributed by atoms with Crippen molar-refractivity contribution in [3.8, 4) is 23.6 Å². The van der Waals surface area contributed by atoms with Gasteiger partial charge < -0.3 is 19.7 Å². The number of H-pyrrole nitrogens is 2. The van der Waals surface area contributed by atoms with Crippen LogP contribution in [0.2, 0.25) is 0 Å². The Morgan fingerprint density at radius 2 is 1.14 bits per heavy atom. The molecule has 366 valence electrons. The van der Waals surface area contributed by atoms with Gasteiger partial charge in [-0.15, -0.1) is 0 Å². The van der Waals surface area contributed by atoms with Crippen molar-refractivity contribution < 1.29 is 45.4 Å². The largest absolute Gasteiger partial charge is 0.485 e. The molecule has 0 aliphatic carbocycles. The van der Waals surface area contributed by atoms with E-state index in [0.717, 1.165) is 24.3 Å². The number of likely N-dealkylation sites (tertiary alicyclic amines) is 1. The predicted molar refractivity (Wildman–Crippen MR) is 252 cm³/mol. The molecular formula is C45H38F6N14O4S2. The number of nitrogens with one attached hydrogen (secondary N) is 3. The second-order valence-corrected chi connectivity index (χ2v) is 15.8. The van der Waals surface area contributed by atoms with Crippen molar-refractivity contribution in [2.45, 2.75) is 37.1 Å². The normalized spacial score (nSPS) is 16.9. The number of imidazole rings is 1. The van der Waals surface area contributed by atoms with Gasteiger partial charge in [0.2, 0.25) is 11.9 Å². The highest BCUT2D eigenvalue weighted by Gasteiger charge is 2.39. The van der Waals surface area contributed by atoms with Crippen LogP contribution in [0.5, 0.6) is 11.5 Å². The Hall–Kier alpha value is -8.07. The molecule has 4 aliphatic rings. The number of carbonyl (C=O) groups excluding carboxylic acids is 2. The average molecular weight is 1020 g/mol. The van der Waals surface area contributed by atoms with Crippen LogP contribution in [-0.2, 0) is 0 Å². The van der Waals surface area contributed by atoms with Gasteiger partial charge in [-0.2, -0.15) is 66.7 Å². The molecule has 26 heteroatoms. The number of nitrogens with zero attached hydrogens (tertiary/aromatic N) is 11. The number of nitriles is 2. The maximum Gasteiger partial charge on any atom is 0.350 e. The number of urea groups is 1. The molecule has 3 amide bonds. The first-order chi connectivity index (χ1) is 33.3. The number of hydrogen-bond acceptors (Lipinski definition) is 12. The minimum absolute atomic E-state index is 0. The van der Waals surface area contributed by atoms with E-state index in [1.54, 1.807) is 18.5 Å². The Kier molecular flexibility index (Phi) is 15.5. The Bertz CT molecular complexity index is 3240. The number of aromatic nitrogens is 6. The molecule has 7 aromatic rings. The van der Waals surface area contributed by atoms with E-state index in [9.17, 15) is 35.9 Å². The summed E-state index contributed by atoms with van der Waals surface area (Å²) in [7, 11) is 0. The molecule has 4 aliphatic heterocycles. The van der Waals surface area contributed by atoms with Gasteiger partial charge in [0.1, 0.15) is 30.2 Å². The van der Waals surface area contributed by atoms with Crippen LogP contribution in [0.4, 0.5) is 35.9 Å². The lowest BCUT2D eigenvalue weighted by atomic mass is 10.0. The third kappa shape index (κ3) is 10.9. The number of hydrazone groups is 2. The number of ether oxygens (including phenoxy) is 2. The summed E-state index contributed by atoms with van der Waals surface area (Å²) in [5, 5.41) is 43.6. The fourth-order valence-electron chi connectivity index (χ4n) is 7.64. The van der Waals surface area contributed by atoms with Crippen LogP contribution in [0, 0.1) is 57.8 Å².